The minimum atomic E-state index is -0.727. The van der Waals surface area contributed by atoms with Crippen LogP contribution in [0.15, 0.2) is 0 Å². The van der Waals surface area contributed by atoms with Crippen molar-refractivity contribution in [3.05, 3.63) is 0 Å². The molecule has 1 aliphatic rings. The van der Waals surface area contributed by atoms with E-state index in [0.29, 0.717) is 31.6 Å². The van der Waals surface area contributed by atoms with E-state index in [9.17, 15) is 9.59 Å². The van der Waals surface area contributed by atoms with Crippen LogP contribution >= 0.6 is 0 Å². The van der Waals surface area contributed by atoms with Gasteiger partial charge >= 0.3 is 11.9 Å². The minimum absolute atomic E-state index is 0.0303. The predicted molar refractivity (Wildman–Crippen MR) is 114 cm³/mol. The van der Waals surface area contributed by atoms with Crippen molar-refractivity contribution in [1.29, 1.82) is 0 Å². The lowest BCUT2D eigenvalue weighted by Crippen LogP contribution is -2.30. The number of rotatable bonds is 14. The van der Waals surface area contributed by atoms with Crippen molar-refractivity contribution in [3.63, 3.8) is 0 Å². The second-order valence-electron chi connectivity index (χ2n) is 9.66. The van der Waals surface area contributed by atoms with Crippen LogP contribution in [0.3, 0.4) is 0 Å². The number of ether oxygens (including phenoxy) is 1. The molecule has 0 aromatic heterocycles. The van der Waals surface area contributed by atoms with Crippen LogP contribution in [0, 0.1) is 23.7 Å². The number of hydrogen-bond donors (Lipinski definition) is 1. The van der Waals surface area contributed by atoms with Crippen molar-refractivity contribution in [2.24, 2.45) is 23.7 Å². The predicted octanol–water partition coefficient (Wildman–Crippen LogP) is 6.61. The summed E-state index contributed by atoms with van der Waals surface area (Å²) in [5.41, 5.74) is 0. The molecule has 1 rings (SSSR count). The van der Waals surface area contributed by atoms with Gasteiger partial charge in [0.2, 0.25) is 0 Å². The number of carboxylic acids is 1. The summed E-state index contributed by atoms with van der Waals surface area (Å²) >= 11 is 0. The Balaban J connectivity index is 2.33. The van der Waals surface area contributed by atoms with Gasteiger partial charge in [-0.1, -0.05) is 59.8 Å². The summed E-state index contributed by atoms with van der Waals surface area (Å²) in [5, 5.41) is 9.12. The van der Waals surface area contributed by atoms with Crippen LogP contribution in [0.2, 0.25) is 0 Å². The molecule has 1 saturated carbocycles. The van der Waals surface area contributed by atoms with Crippen LogP contribution in [0.1, 0.15) is 111 Å². The van der Waals surface area contributed by atoms with Crippen LogP contribution in [0.25, 0.3) is 0 Å². The molecular weight excluding hydrogens is 352 g/mol. The summed E-state index contributed by atoms with van der Waals surface area (Å²) in [4.78, 5) is 23.7. The fourth-order valence-corrected chi connectivity index (χ4v) is 4.07. The van der Waals surface area contributed by atoms with Gasteiger partial charge in [0.15, 0.2) is 0 Å². The number of carboxylic acid groups (broad SMARTS) is 1. The Morgan fingerprint density at radius 1 is 0.750 bits per heavy atom. The van der Waals surface area contributed by atoms with Crippen molar-refractivity contribution in [2.45, 2.75) is 117 Å². The van der Waals surface area contributed by atoms with Crippen LogP contribution < -0.4 is 0 Å². The SMILES string of the molecule is CC(C)CCCCCCCC(CCC(C)C)OC(=O)C1CCC(C(=O)O)CC1. The third-order valence-corrected chi connectivity index (χ3v) is 6.07. The van der Waals surface area contributed by atoms with E-state index in [1.165, 1.54) is 32.1 Å². The van der Waals surface area contributed by atoms with Gasteiger partial charge in [-0.3, -0.25) is 9.59 Å². The smallest absolute Gasteiger partial charge is 0.309 e. The first kappa shape index (κ1) is 25.0. The van der Waals surface area contributed by atoms with E-state index in [-0.39, 0.29) is 23.9 Å². The molecule has 4 nitrogen and oxygen atoms in total. The molecule has 164 valence electrons. The standard InChI is InChI=1S/C24H44O4/c1-18(2)10-8-6-5-7-9-11-22(17-12-19(3)4)28-24(27)21-15-13-20(14-16-21)23(25)26/h18-22H,5-17H2,1-4H3,(H,25,26). The maximum Gasteiger partial charge on any atom is 0.309 e. The van der Waals surface area contributed by atoms with Gasteiger partial charge in [-0.25, -0.2) is 0 Å². The first-order chi connectivity index (χ1) is 13.3. The fraction of sp³-hybridized carbons (Fsp3) is 0.917. The fourth-order valence-electron chi connectivity index (χ4n) is 4.07. The third kappa shape index (κ3) is 11.1. The molecule has 0 bridgehead atoms. The largest absolute Gasteiger partial charge is 0.481 e. The summed E-state index contributed by atoms with van der Waals surface area (Å²) in [6.07, 6.45) is 13.1. The minimum Gasteiger partial charge on any atom is -0.481 e. The molecule has 0 saturated heterocycles. The van der Waals surface area contributed by atoms with Crippen LogP contribution in [-0.4, -0.2) is 23.1 Å². The van der Waals surface area contributed by atoms with Gasteiger partial charge in [0.1, 0.15) is 6.10 Å². The number of unbranched alkanes of at least 4 members (excludes halogenated alkanes) is 4. The van der Waals surface area contributed by atoms with E-state index in [0.717, 1.165) is 31.6 Å². The summed E-state index contributed by atoms with van der Waals surface area (Å²) in [7, 11) is 0. The molecule has 1 aliphatic carbocycles. The van der Waals surface area contributed by atoms with Crippen LogP contribution in [-0.2, 0) is 14.3 Å². The zero-order chi connectivity index (χ0) is 20.9. The second kappa shape index (κ2) is 14.0. The number of esters is 1. The number of carbonyl (C=O) groups excluding carboxylic acids is 1. The molecule has 0 aromatic carbocycles. The van der Waals surface area contributed by atoms with Crippen molar-refractivity contribution in [3.8, 4) is 0 Å². The van der Waals surface area contributed by atoms with Crippen LogP contribution in [0.4, 0.5) is 0 Å². The number of hydrogen-bond acceptors (Lipinski definition) is 3. The summed E-state index contributed by atoms with van der Waals surface area (Å²) in [6.45, 7) is 8.98. The molecule has 1 N–H and O–H groups in total. The summed E-state index contributed by atoms with van der Waals surface area (Å²) < 4.78 is 5.91. The molecule has 0 spiro atoms. The average molecular weight is 397 g/mol. The van der Waals surface area contributed by atoms with E-state index in [2.05, 4.69) is 27.7 Å². The van der Waals surface area contributed by atoms with E-state index in [1.807, 2.05) is 0 Å². The van der Waals surface area contributed by atoms with Gasteiger partial charge < -0.3 is 9.84 Å². The zero-order valence-electron chi connectivity index (χ0n) is 18.8. The number of carbonyl (C=O) groups is 2. The molecule has 1 fully saturated rings. The monoisotopic (exact) mass is 396 g/mol. The first-order valence-corrected chi connectivity index (χ1v) is 11.7. The van der Waals surface area contributed by atoms with Gasteiger partial charge in [-0.2, -0.15) is 0 Å². The van der Waals surface area contributed by atoms with E-state index < -0.39 is 5.97 Å². The normalized spacial score (nSPS) is 21.1. The maximum atomic E-state index is 12.6. The highest BCUT2D eigenvalue weighted by Gasteiger charge is 2.31. The molecule has 0 amide bonds. The summed E-state index contributed by atoms with van der Waals surface area (Å²) in [6, 6.07) is 0. The van der Waals surface area contributed by atoms with Gasteiger partial charge in [-0.05, 0) is 63.2 Å². The lowest BCUT2D eigenvalue weighted by Gasteiger charge is -2.27. The first-order valence-electron chi connectivity index (χ1n) is 11.7. The quantitative estimate of drug-likeness (QED) is 0.265. The highest BCUT2D eigenvalue weighted by molar-refractivity contribution is 5.74. The highest BCUT2D eigenvalue weighted by Crippen LogP contribution is 2.30. The second-order valence-corrected chi connectivity index (χ2v) is 9.66. The Morgan fingerprint density at radius 2 is 1.25 bits per heavy atom. The molecular formula is C24H44O4. The Labute approximate surface area is 172 Å². The van der Waals surface area contributed by atoms with Crippen molar-refractivity contribution >= 4 is 11.9 Å². The van der Waals surface area contributed by atoms with Crippen molar-refractivity contribution in [1.82, 2.24) is 0 Å². The van der Waals surface area contributed by atoms with Crippen LogP contribution in [0.5, 0.6) is 0 Å². The molecule has 1 unspecified atom stereocenters. The van der Waals surface area contributed by atoms with Crippen molar-refractivity contribution < 1.29 is 19.4 Å². The Bertz CT molecular complexity index is 436. The van der Waals surface area contributed by atoms with Gasteiger partial charge in [0, 0.05) is 0 Å². The number of aliphatic carboxylic acids is 1. The Morgan fingerprint density at radius 3 is 1.79 bits per heavy atom. The highest BCUT2D eigenvalue weighted by atomic mass is 16.5. The van der Waals surface area contributed by atoms with Gasteiger partial charge in [0.25, 0.3) is 0 Å². The lowest BCUT2D eigenvalue weighted by molar-refractivity contribution is -0.158. The third-order valence-electron chi connectivity index (χ3n) is 6.07. The molecule has 0 heterocycles. The topological polar surface area (TPSA) is 63.6 Å². The molecule has 1 atom stereocenters. The summed E-state index contributed by atoms with van der Waals surface area (Å²) in [5.74, 6) is 0.211. The molecule has 0 aliphatic heterocycles. The lowest BCUT2D eigenvalue weighted by atomic mass is 9.82. The van der Waals surface area contributed by atoms with E-state index in [4.69, 9.17) is 9.84 Å². The average Bonchev–Trinajstić information content (AvgIpc) is 2.64. The molecule has 0 aromatic rings. The van der Waals surface area contributed by atoms with Gasteiger partial charge in [-0.15, -0.1) is 0 Å². The molecule has 28 heavy (non-hydrogen) atoms. The Hall–Kier alpha value is -1.06. The maximum absolute atomic E-state index is 12.6. The van der Waals surface area contributed by atoms with Crippen molar-refractivity contribution in [2.75, 3.05) is 0 Å². The zero-order valence-corrected chi connectivity index (χ0v) is 18.8. The van der Waals surface area contributed by atoms with Gasteiger partial charge in [0.05, 0.1) is 11.8 Å². The molecule has 4 heteroatoms. The molecule has 0 radical (unpaired) electrons. The van der Waals surface area contributed by atoms with E-state index in [1.54, 1.807) is 0 Å². The van der Waals surface area contributed by atoms with E-state index >= 15 is 0 Å². The Kier molecular flexibility index (Phi) is 12.5.